The van der Waals surface area contributed by atoms with E-state index < -0.39 is 16.1 Å². The molecular formula is C18H31Cl2N3O3S. The number of aryl methyl sites for hydroxylation is 1. The predicted octanol–water partition coefficient (Wildman–Crippen LogP) is 3.52. The average molecular weight is 440 g/mol. The Kier molecular flexibility index (Phi) is 13.5. The summed E-state index contributed by atoms with van der Waals surface area (Å²) in [4.78, 5) is 15.6. The third kappa shape index (κ3) is 10.2. The van der Waals surface area contributed by atoms with Crippen molar-refractivity contribution in [1.29, 1.82) is 0 Å². The molecule has 1 rings (SSSR count). The van der Waals surface area contributed by atoms with Crippen LogP contribution in [0, 0.1) is 6.92 Å². The van der Waals surface area contributed by atoms with Gasteiger partial charge in [-0.2, -0.15) is 0 Å². The molecule has 0 saturated heterocycles. The Morgan fingerprint density at radius 3 is 1.74 bits per heavy atom. The number of rotatable bonds is 9. The molecule has 2 amide bonds. The number of benzene rings is 1. The smallest absolute Gasteiger partial charge is 0.322 e. The zero-order valence-electron chi connectivity index (χ0n) is 16.5. The molecule has 156 valence electrons. The fraction of sp³-hybridized carbons (Fsp3) is 0.611. The molecule has 1 aromatic rings. The monoisotopic (exact) mass is 439 g/mol. The van der Waals surface area contributed by atoms with Crippen molar-refractivity contribution >= 4 is 39.3 Å². The summed E-state index contributed by atoms with van der Waals surface area (Å²) in [5.41, 5.74) is 0.932. The maximum absolute atomic E-state index is 12.0. The minimum Gasteiger partial charge on any atom is -0.322 e. The molecule has 0 heterocycles. The lowest BCUT2D eigenvalue weighted by molar-refractivity contribution is 0.210. The Bertz CT molecular complexity index is 624. The summed E-state index contributed by atoms with van der Waals surface area (Å²) in [5, 5.41) is 0. The minimum absolute atomic E-state index is 0.0353. The van der Waals surface area contributed by atoms with Crippen molar-refractivity contribution < 1.29 is 13.2 Å². The first-order valence-electron chi connectivity index (χ1n) is 8.98. The van der Waals surface area contributed by atoms with Crippen LogP contribution in [0.2, 0.25) is 0 Å². The van der Waals surface area contributed by atoms with Crippen LogP contribution in [-0.4, -0.2) is 68.7 Å². The average Bonchev–Trinajstić information content (AvgIpc) is 2.63. The van der Waals surface area contributed by atoms with Crippen molar-refractivity contribution in [2.45, 2.75) is 32.6 Å². The number of hydrogen-bond acceptors (Lipinski definition) is 4. The van der Waals surface area contributed by atoms with Gasteiger partial charge in [-0.25, -0.2) is 17.9 Å². The molecule has 9 heteroatoms. The van der Waals surface area contributed by atoms with Crippen LogP contribution >= 0.6 is 23.2 Å². The first kappa shape index (κ1) is 26.0. The summed E-state index contributed by atoms with van der Waals surface area (Å²) in [6.07, 6.45) is 0. The quantitative estimate of drug-likeness (QED) is 0.597. The summed E-state index contributed by atoms with van der Waals surface area (Å²) in [6.45, 7) is 12.4. The molecule has 0 fully saturated rings. The first-order valence-corrected chi connectivity index (χ1v) is 11.5. The van der Waals surface area contributed by atoms with Crippen LogP contribution in [0.4, 0.5) is 4.79 Å². The summed E-state index contributed by atoms with van der Waals surface area (Å²) in [5.74, 6) is 0.407. The Morgan fingerprint density at radius 1 is 0.963 bits per heavy atom. The van der Waals surface area contributed by atoms with E-state index in [1.54, 1.807) is 12.1 Å². The molecule has 0 aliphatic rings. The lowest BCUT2D eigenvalue weighted by atomic mass is 10.2. The number of urea groups is 1. The highest BCUT2D eigenvalue weighted by molar-refractivity contribution is 7.90. The second-order valence-electron chi connectivity index (χ2n) is 5.71. The topological polar surface area (TPSA) is 69.7 Å². The normalized spacial score (nSPS) is 10.9. The molecule has 27 heavy (non-hydrogen) atoms. The van der Waals surface area contributed by atoms with Crippen LogP contribution in [0.25, 0.3) is 0 Å². The number of halogens is 2. The summed E-state index contributed by atoms with van der Waals surface area (Å²) < 4.78 is 26.1. The molecular weight excluding hydrogens is 409 g/mol. The fourth-order valence-corrected chi connectivity index (χ4v) is 3.52. The zero-order chi connectivity index (χ0) is 20.9. The molecule has 0 spiro atoms. The van der Waals surface area contributed by atoms with Crippen LogP contribution in [0.1, 0.15) is 26.3 Å². The van der Waals surface area contributed by atoms with Gasteiger partial charge in [0, 0.05) is 24.8 Å². The molecule has 0 atom stereocenters. The van der Waals surface area contributed by atoms with Crippen LogP contribution in [-0.2, 0) is 10.0 Å². The van der Waals surface area contributed by atoms with Crippen molar-refractivity contribution in [2.24, 2.45) is 0 Å². The van der Waals surface area contributed by atoms with Gasteiger partial charge < -0.3 is 9.80 Å². The van der Waals surface area contributed by atoms with E-state index in [1.165, 1.54) is 36.7 Å². The van der Waals surface area contributed by atoms with Crippen LogP contribution < -0.4 is 4.72 Å². The van der Waals surface area contributed by atoms with Gasteiger partial charge in [-0.15, -0.1) is 23.2 Å². The largest absolute Gasteiger partial charge is 0.331 e. The zero-order valence-corrected chi connectivity index (χ0v) is 18.9. The summed E-state index contributed by atoms with van der Waals surface area (Å²) >= 11 is 11.1. The van der Waals surface area contributed by atoms with Gasteiger partial charge in [-0.1, -0.05) is 38.5 Å². The lowest BCUT2D eigenvalue weighted by Crippen LogP contribution is -2.44. The third-order valence-corrected chi connectivity index (χ3v) is 5.56. The first-order chi connectivity index (χ1) is 12.7. The molecule has 6 nitrogen and oxygen atoms in total. The highest BCUT2D eigenvalue weighted by Gasteiger charge is 2.21. The van der Waals surface area contributed by atoms with Gasteiger partial charge in [0.15, 0.2) is 0 Å². The Labute approximate surface area is 173 Å². The van der Waals surface area contributed by atoms with E-state index in [-0.39, 0.29) is 29.7 Å². The molecule has 1 aromatic carbocycles. The number of nitrogens with one attached hydrogen (secondary N) is 1. The number of nitrogens with zero attached hydrogens (tertiary/aromatic N) is 2. The number of alkyl halides is 2. The Morgan fingerprint density at radius 2 is 1.41 bits per heavy atom. The number of carbonyl (C=O) groups excluding carboxylic acids is 1. The molecule has 1 N–H and O–H groups in total. The lowest BCUT2D eigenvalue weighted by Gasteiger charge is -2.20. The fourth-order valence-electron chi connectivity index (χ4n) is 2.15. The van der Waals surface area contributed by atoms with E-state index in [1.807, 2.05) is 11.6 Å². The van der Waals surface area contributed by atoms with E-state index in [9.17, 15) is 13.2 Å². The van der Waals surface area contributed by atoms with E-state index in [0.717, 1.165) is 5.56 Å². The van der Waals surface area contributed by atoms with Crippen molar-refractivity contribution in [2.75, 3.05) is 44.5 Å². The maximum Gasteiger partial charge on any atom is 0.331 e. The second kappa shape index (κ2) is 14.0. The highest BCUT2D eigenvalue weighted by Crippen LogP contribution is 2.10. The van der Waals surface area contributed by atoms with Crippen molar-refractivity contribution in [1.82, 2.24) is 14.5 Å². The van der Waals surface area contributed by atoms with Gasteiger partial charge in [0.2, 0.25) is 0 Å². The third-order valence-electron chi connectivity index (χ3n) is 3.89. The molecule has 0 saturated carbocycles. The molecule has 0 unspecified atom stereocenters. The van der Waals surface area contributed by atoms with E-state index in [4.69, 9.17) is 23.2 Å². The van der Waals surface area contributed by atoms with Gasteiger partial charge in [0.1, 0.15) is 0 Å². The summed E-state index contributed by atoms with van der Waals surface area (Å²) in [6, 6.07) is 5.48. The molecule has 0 aromatic heterocycles. The van der Waals surface area contributed by atoms with Crippen molar-refractivity contribution in [3.8, 4) is 0 Å². The predicted molar refractivity (Wildman–Crippen MR) is 113 cm³/mol. The van der Waals surface area contributed by atoms with E-state index in [2.05, 4.69) is 25.7 Å². The van der Waals surface area contributed by atoms with Gasteiger partial charge >= 0.3 is 6.03 Å². The van der Waals surface area contributed by atoms with Crippen molar-refractivity contribution in [3.05, 3.63) is 29.8 Å². The van der Waals surface area contributed by atoms with Crippen LogP contribution in [0.5, 0.6) is 0 Å². The molecule has 0 radical (unpaired) electrons. The Balaban J connectivity index is 0.000000821. The SMILES string of the molecule is CCN(CC)CC.Cc1ccc(S(=O)(=O)NC(=O)N(CCCl)CCCl)cc1. The van der Waals surface area contributed by atoms with Gasteiger partial charge in [0.25, 0.3) is 10.0 Å². The minimum atomic E-state index is -3.89. The second-order valence-corrected chi connectivity index (χ2v) is 8.15. The summed E-state index contributed by atoms with van der Waals surface area (Å²) in [7, 11) is -3.89. The van der Waals surface area contributed by atoms with Gasteiger partial charge in [-0.3, -0.25) is 0 Å². The van der Waals surface area contributed by atoms with E-state index in [0.29, 0.717) is 0 Å². The van der Waals surface area contributed by atoms with Crippen LogP contribution in [0.3, 0.4) is 0 Å². The molecule has 0 bridgehead atoms. The van der Waals surface area contributed by atoms with Gasteiger partial charge in [-0.05, 0) is 38.7 Å². The molecule has 0 aliphatic heterocycles. The maximum atomic E-state index is 12.0. The number of carbonyl (C=O) groups is 1. The number of sulfonamides is 1. The number of amides is 2. The number of hydrogen-bond donors (Lipinski definition) is 1. The molecule has 0 aliphatic carbocycles. The van der Waals surface area contributed by atoms with Crippen molar-refractivity contribution in [3.63, 3.8) is 0 Å². The van der Waals surface area contributed by atoms with Gasteiger partial charge in [0.05, 0.1) is 4.90 Å². The standard InChI is InChI=1S/C12H16Cl2N2O3S.C6H15N/c1-10-2-4-11(5-3-10)20(18,19)15-12(17)16(8-6-13)9-7-14;1-4-7(5-2)6-3/h2-5H,6-9H2,1H3,(H,15,17);4-6H2,1-3H3. The highest BCUT2D eigenvalue weighted by atomic mass is 35.5. The van der Waals surface area contributed by atoms with E-state index >= 15 is 0 Å². The van der Waals surface area contributed by atoms with Crippen LogP contribution in [0.15, 0.2) is 29.2 Å². The Hall–Kier alpha value is -1.02.